The monoisotopic (exact) mass is 387 g/mol. The second kappa shape index (κ2) is 8.39. The minimum atomic E-state index is -0.499. The normalized spacial score (nSPS) is 14.7. The lowest BCUT2D eigenvalue weighted by Gasteiger charge is -2.32. The maximum Gasteiger partial charge on any atom is 0.337 e. The number of carbonyl (C=O) groups is 2. The predicted octanol–water partition coefficient (Wildman–Crippen LogP) is 4.01. The lowest BCUT2D eigenvalue weighted by atomic mass is 9.99. The average molecular weight is 388 g/mol. The zero-order valence-corrected chi connectivity index (χ0v) is 16.1. The van der Waals surface area contributed by atoms with Gasteiger partial charge in [-0.2, -0.15) is 0 Å². The fraction of sp³-hybridized carbons (Fsp3) is 0.350. The molecular formula is C20H22ClN3O3. The molecule has 1 saturated heterocycles. The molecule has 1 aliphatic heterocycles. The number of esters is 1. The fourth-order valence-electron chi connectivity index (χ4n) is 3.06. The first kappa shape index (κ1) is 19.2. The van der Waals surface area contributed by atoms with Crippen molar-refractivity contribution in [1.82, 2.24) is 4.98 Å². The largest absolute Gasteiger partial charge is 0.465 e. The molecule has 1 aromatic carbocycles. The van der Waals surface area contributed by atoms with Gasteiger partial charge in [0.1, 0.15) is 5.69 Å². The van der Waals surface area contributed by atoms with E-state index >= 15 is 0 Å². The SMILES string of the molecule is COC(=O)c1ccc(Cl)c(NC(=O)c2cc(N3CCC(C)CC3)ccn2)c1. The van der Waals surface area contributed by atoms with Crippen LogP contribution in [0.5, 0.6) is 0 Å². The van der Waals surface area contributed by atoms with Gasteiger partial charge in [0.2, 0.25) is 0 Å². The molecule has 0 saturated carbocycles. The van der Waals surface area contributed by atoms with Gasteiger partial charge in [-0.05, 0) is 49.1 Å². The van der Waals surface area contributed by atoms with Crippen LogP contribution in [0.4, 0.5) is 11.4 Å². The van der Waals surface area contributed by atoms with Crippen molar-refractivity contribution in [2.75, 3.05) is 30.4 Å². The molecule has 0 unspecified atom stereocenters. The highest BCUT2D eigenvalue weighted by Gasteiger charge is 2.18. The summed E-state index contributed by atoms with van der Waals surface area (Å²) in [6.45, 7) is 4.20. The maximum absolute atomic E-state index is 12.6. The van der Waals surface area contributed by atoms with Gasteiger partial charge < -0.3 is 15.0 Å². The molecule has 6 nitrogen and oxygen atoms in total. The third kappa shape index (κ3) is 4.57. The van der Waals surface area contributed by atoms with E-state index in [-0.39, 0.29) is 5.91 Å². The highest BCUT2D eigenvalue weighted by atomic mass is 35.5. The van der Waals surface area contributed by atoms with E-state index in [1.165, 1.54) is 13.2 Å². The van der Waals surface area contributed by atoms with E-state index in [9.17, 15) is 9.59 Å². The molecule has 1 amide bonds. The minimum Gasteiger partial charge on any atom is -0.465 e. The summed E-state index contributed by atoms with van der Waals surface area (Å²) in [5.74, 6) is -0.150. The summed E-state index contributed by atoms with van der Waals surface area (Å²) in [4.78, 5) is 30.8. The fourth-order valence-corrected chi connectivity index (χ4v) is 3.22. The molecule has 7 heteroatoms. The van der Waals surface area contributed by atoms with Crippen LogP contribution in [0.3, 0.4) is 0 Å². The van der Waals surface area contributed by atoms with Gasteiger partial charge in [0.25, 0.3) is 5.91 Å². The molecule has 0 radical (unpaired) electrons. The Kier molecular flexibility index (Phi) is 5.96. The lowest BCUT2D eigenvalue weighted by Crippen LogP contribution is -2.33. The van der Waals surface area contributed by atoms with Gasteiger partial charge in [0, 0.05) is 25.0 Å². The van der Waals surface area contributed by atoms with E-state index in [0.29, 0.717) is 22.0 Å². The summed E-state index contributed by atoms with van der Waals surface area (Å²) in [6, 6.07) is 8.27. The second-order valence-corrected chi connectivity index (χ2v) is 7.12. The number of rotatable bonds is 4. The van der Waals surface area contributed by atoms with Crippen molar-refractivity contribution in [3.05, 3.63) is 52.8 Å². The number of piperidine rings is 1. The highest BCUT2D eigenvalue weighted by molar-refractivity contribution is 6.34. The van der Waals surface area contributed by atoms with Crippen LogP contribution in [0.25, 0.3) is 0 Å². The third-order valence-electron chi connectivity index (χ3n) is 4.76. The molecule has 1 aromatic heterocycles. The number of amides is 1. The zero-order valence-electron chi connectivity index (χ0n) is 15.4. The Balaban J connectivity index is 1.77. The smallest absolute Gasteiger partial charge is 0.337 e. The molecule has 0 atom stereocenters. The second-order valence-electron chi connectivity index (χ2n) is 6.71. The van der Waals surface area contributed by atoms with Gasteiger partial charge in [0.05, 0.1) is 23.4 Å². The first-order chi connectivity index (χ1) is 13.0. The van der Waals surface area contributed by atoms with Gasteiger partial charge in [-0.3, -0.25) is 9.78 Å². The van der Waals surface area contributed by atoms with E-state index in [0.717, 1.165) is 37.5 Å². The van der Waals surface area contributed by atoms with E-state index in [4.69, 9.17) is 16.3 Å². The number of halogens is 1. The van der Waals surface area contributed by atoms with E-state index < -0.39 is 5.97 Å². The number of benzene rings is 1. The molecule has 142 valence electrons. The average Bonchev–Trinajstić information content (AvgIpc) is 2.69. The van der Waals surface area contributed by atoms with Crippen molar-refractivity contribution in [1.29, 1.82) is 0 Å². The van der Waals surface area contributed by atoms with Gasteiger partial charge >= 0.3 is 5.97 Å². The summed E-state index contributed by atoms with van der Waals surface area (Å²) in [5, 5.41) is 3.05. The van der Waals surface area contributed by atoms with Crippen LogP contribution in [0.2, 0.25) is 5.02 Å². The number of methoxy groups -OCH3 is 1. The molecule has 2 aromatic rings. The molecule has 0 bridgehead atoms. The summed E-state index contributed by atoms with van der Waals surface area (Å²) < 4.78 is 4.70. The van der Waals surface area contributed by atoms with Crippen LogP contribution >= 0.6 is 11.6 Å². The first-order valence-corrected chi connectivity index (χ1v) is 9.26. The van der Waals surface area contributed by atoms with Gasteiger partial charge in [-0.15, -0.1) is 0 Å². The Hall–Kier alpha value is -2.60. The molecule has 27 heavy (non-hydrogen) atoms. The number of hydrogen-bond donors (Lipinski definition) is 1. The van der Waals surface area contributed by atoms with Gasteiger partial charge in [-0.1, -0.05) is 18.5 Å². The summed E-state index contributed by atoms with van der Waals surface area (Å²) in [7, 11) is 1.30. The van der Waals surface area contributed by atoms with Crippen LogP contribution in [-0.2, 0) is 4.74 Å². The Morgan fingerprint density at radius 1 is 1.22 bits per heavy atom. The number of pyridine rings is 1. The van der Waals surface area contributed by atoms with Crippen molar-refractivity contribution in [3.63, 3.8) is 0 Å². The molecule has 1 aliphatic rings. The Labute approximate surface area is 163 Å². The number of aromatic nitrogens is 1. The quantitative estimate of drug-likeness (QED) is 0.802. The Morgan fingerprint density at radius 3 is 2.67 bits per heavy atom. The molecule has 0 aliphatic carbocycles. The van der Waals surface area contributed by atoms with E-state index in [1.54, 1.807) is 24.4 Å². The number of carbonyl (C=O) groups excluding carboxylic acids is 2. The third-order valence-corrected chi connectivity index (χ3v) is 5.09. The number of hydrogen-bond acceptors (Lipinski definition) is 5. The highest BCUT2D eigenvalue weighted by Crippen LogP contribution is 2.26. The topological polar surface area (TPSA) is 71.5 Å². The van der Waals surface area contributed by atoms with Crippen LogP contribution in [0.15, 0.2) is 36.5 Å². The standard InChI is InChI=1S/C20H22ClN3O3/c1-13-6-9-24(10-7-13)15-5-8-22-18(12-15)19(25)23-17-11-14(20(26)27-2)3-4-16(17)21/h3-5,8,11-13H,6-7,9-10H2,1-2H3,(H,23,25). The molecule has 3 rings (SSSR count). The summed E-state index contributed by atoms with van der Waals surface area (Å²) in [6.07, 6.45) is 3.91. The number of ether oxygens (including phenoxy) is 1. The van der Waals surface area contributed by atoms with Crippen LogP contribution in [-0.4, -0.2) is 37.1 Å². The van der Waals surface area contributed by atoms with E-state index in [2.05, 4.69) is 22.1 Å². The van der Waals surface area contributed by atoms with Crippen LogP contribution in [0.1, 0.15) is 40.6 Å². The molecule has 1 fully saturated rings. The first-order valence-electron chi connectivity index (χ1n) is 8.88. The number of nitrogens with zero attached hydrogens (tertiary/aromatic N) is 2. The molecular weight excluding hydrogens is 366 g/mol. The van der Waals surface area contributed by atoms with Gasteiger partial charge in [-0.25, -0.2) is 4.79 Å². The van der Waals surface area contributed by atoms with Gasteiger partial charge in [0.15, 0.2) is 0 Å². The number of nitrogens with one attached hydrogen (secondary N) is 1. The minimum absolute atomic E-state index is 0.297. The van der Waals surface area contributed by atoms with Crippen molar-refractivity contribution < 1.29 is 14.3 Å². The Morgan fingerprint density at radius 2 is 1.96 bits per heavy atom. The molecule has 1 N–H and O–H groups in total. The van der Waals surface area contributed by atoms with Crippen molar-refractivity contribution >= 4 is 34.9 Å². The van der Waals surface area contributed by atoms with Crippen molar-refractivity contribution in [2.45, 2.75) is 19.8 Å². The lowest BCUT2D eigenvalue weighted by molar-refractivity contribution is 0.0600. The summed E-state index contributed by atoms with van der Waals surface area (Å²) in [5.41, 5.74) is 1.92. The zero-order chi connectivity index (χ0) is 19.4. The Bertz CT molecular complexity index is 848. The predicted molar refractivity (Wildman–Crippen MR) is 106 cm³/mol. The summed E-state index contributed by atoms with van der Waals surface area (Å²) >= 11 is 6.15. The molecule has 2 heterocycles. The van der Waals surface area contributed by atoms with Crippen molar-refractivity contribution in [3.8, 4) is 0 Å². The van der Waals surface area contributed by atoms with E-state index in [1.807, 2.05) is 6.07 Å². The number of anilines is 2. The maximum atomic E-state index is 12.6. The van der Waals surface area contributed by atoms with Crippen molar-refractivity contribution in [2.24, 2.45) is 5.92 Å². The van der Waals surface area contributed by atoms with Crippen LogP contribution < -0.4 is 10.2 Å². The van der Waals surface area contributed by atoms with Crippen LogP contribution in [0, 0.1) is 5.92 Å². The molecule has 0 spiro atoms.